The van der Waals surface area contributed by atoms with E-state index in [2.05, 4.69) is 43.5 Å². The molecule has 0 aromatic carbocycles. The number of allylic oxidation sites excluding steroid dienone is 4. The lowest BCUT2D eigenvalue weighted by molar-refractivity contribution is -0.143. The minimum atomic E-state index is -0.666. The number of ether oxygens (including phenoxy) is 1. The van der Waals surface area contributed by atoms with Crippen molar-refractivity contribution in [3.05, 3.63) is 24.3 Å². The van der Waals surface area contributed by atoms with Crippen molar-refractivity contribution in [1.29, 1.82) is 0 Å². The molecule has 1 amide bonds. The van der Waals surface area contributed by atoms with Crippen LogP contribution in [0.25, 0.3) is 0 Å². The van der Waals surface area contributed by atoms with Crippen molar-refractivity contribution in [3.63, 3.8) is 0 Å². The molecule has 0 saturated carbocycles. The predicted octanol–water partition coefficient (Wildman–Crippen LogP) is 20.2. The van der Waals surface area contributed by atoms with Gasteiger partial charge in [-0.3, -0.25) is 9.59 Å². The number of nitrogens with one attached hydrogen (secondary N) is 1. The summed E-state index contributed by atoms with van der Waals surface area (Å²) in [4.78, 5) is 24.5. The standard InChI is InChI=1S/C65H125NO5/c1-3-5-7-9-11-13-15-16-17-18-28-31-34-38-41-45-49-53-57-63(68)62(61-67)66-64(69)58-54-50-46-42-39-35-32-29-26-24-22-20-19-21-23-25-27-30-33-36-40-44-48-52-56-60-71-65(70)59-55-51-47-43-37-14-12-10-8-6-4-2/h10,12,20,22,62-63,67-68H,3-9,11,13-19,21,23-61H2,1-2H3,(H,66,69)/b12-10-,22-20-. The van der Waals surface area contributed by atoms with Crippen LogP contribution in [0.3, 0.4) is 0 Å². The van der Waals surface area contributed by atoms with Gasteiger partial charge in [-0.1, -0.05) is 295 Å². The first-order chi connectivity index (χ1) is 35.0. The van der Waals surface area contributed by atoms with E-state index in [1.807, 2.05) is 0 Å². The Morgan fingerprint density at radius 3 is 1.04 bits per heavy atom. The number of amides is 1. The summed E-state index contributed by atoms with van der Waals surface area (Å²) >= 11 is 0. The molecule has 71 heavy (non-hydrogen) atoms. The monoisotopic (exact) mass is 1000 g/mol. The average molecular weight is 1000 g/mol. The molecule has 0 spiro atoms. The molecule has 0 fully saturated rings. The quantitative estimate of drug-likeness (QED) is 0.0320. The number of rotatable bonds is 60. The van der Waals surface area contributed by atoms with Gasteiger partial charge in [0.25, 0.3) is 0 Å². The zero-order valence-electron chi connectivity index (χ0n) is 48.0. The lowest BCUT2D eigenvalue weighted by atomic mass is 10.0. The Balaban J connectivity index is 3.40. The minimum Gasteiger partial charge on any atom is -0.466 e. The first-order valence-corrected chi connectivity index (χ1v) is 32.1. The highest BCUT2D eigenvalue weighted by molar-refractivity contribution is 5.76. The smallest absolute Gasteiger partial charge is 0.305 e. The first kappa shape index (κ1) is 69.3. The molecule has 0 aliphatic heterocycles. The van der Waals surface area contributed by atoms with Crippen molar-refractivity contribution >= 4 is 11.9 Å². The van der Waals surface area contributed by atoms with Crippen LogP contribution in [0.1, 0.15) is 354 Å². The molecule has 0 bridgehead atoms. The zero-order chi connectivity index (χ0) is 51.4. The van der Waals surface area contributed by atoms with Crippen molar-refractivity contribution in [1.82, 2.24) is 5.32 Å². The van der Waals surface area contributed by atoms with Crippen molar-refractivity contribution in [2.75, 3.05) is 13.2 Å². The summed E-state index contributed by atoms with van der Waals surface area (Å²) in [6, 6.07) is -0.544. The van der Waals surface area contributed by atoms with Crippen LogP contribution in [0.5, 0.6) is 0 Å². The van der Waals surface area contributed by atoms with Gasteiger partial charge in [-0.25, -0.2) is 0 Å². The molecule has 0 rings (SSSR count). The third kappa shape index (κ3) is 57.5. The topological polar surface area (TPSA) is 95.9 Å². The summed E-state index contributed by atoms with van der Waals surface area (Å²) in [6.07, 6.45) is 74.8. The molecule has 6 heteroatoms. The lowest BCUT2D eigenvalue weighted by Gasteiger charge is -2.22. The van der Waals surface area contributed by atoms with Crippen molar-refractivity contribution < 1.29 is 24.5 Å². The highest BCUT2D eigenvalue weighted by Gasteiger charge is 2.20. The van der Waals surface area contributed by atoms with Crippen LogP contribution in [0.2, 0.25) is 0 Å². The second-order valence-electron chi connectivity index (χ2n) is 22.1. The maximum Gasteiger partial charge on any atom is 0.305 e. The number of esters is 1. The van der Waals surface area contributed by atoms with Crippen LogP contribution >= 0.6 is 0 Å². The molecule has 6 nitrogen and oxygen atoms in total. The van der Waals surface area contributed by atoms with Crippen molar-refractivity contribution in [3.8, 4) is 0 Å². The van der Waals surface area contributed by atoms with Crippen molar-refractivity contribution in [2.45, 2.75) is 366 Å². The van der Waals surface area contributed by atoms with Crippen LogP contribution in [-0.4, -0.2) is 47.4 Å². The van der Waals surface area contributed by atoms with Gasteiger partial charge < -0.3 is 20.3 Å². The molecule has 2 unspecified atom stereocenters. The van der Waals surface area contributed by atoms with Crippen LogP contribution in [-0.2, 0) is 14.3 Å². The third-order valence-corrected chi connectivity index (χ3v) is 15.0. The number of unbranched alkanes of at least 4 members (excludes halogenated alkanes) is 45. The third-order valence-electron chi connectivity index (χ3n) is 15.0. The Bertz CT molecular complexity index is 1110. The number of aliphatic hydroxyl groups is 2. The van der Waals surface area contributed by atoms with Crippen LogP contribution in [0.15, 0.2) is 24.3 Å². The van der Waals surface area contributed by atoms with E-state index in [0.717, 1.165) is 44.9 Å². The maximum absolute atomic E-state index is 12.5. The summed E-state index contributed by atoms with van der Waals surface area (Å²) in [7, 11) is 0. The SMILES string of the molecule is CCCC/C=C\CCCCCCCC(=O)OCCCCCCCCCCCCCC/C=C\CCCCCCCCCCCC(=O)NC(CO)C(O)CCCCCCCCCCCCCCCCCCCC. The van der Waals surface area contributed by atoms with Crippen molar-refractivity contribution in [2.24, 2.45) is 0 Å². The Labute approximate surface area is 443 Å². The van der Waals surface area contributed by atoms with E-state index in [-0.39, 0.29) is 18.5 Å². The largest absolute Gasteiger partial charge is 0.466 e. The Kier molecular flexibility index (Phi) is 59.5. The summed E-state index contributed by atoms with van der Waals surface area (Å²) in [5.41, 5.74) is 0. The average Bonchev–Trinajstić information content (AvgIpc) is 3.37. The molecule has 0 radical (unpaired) electrons. The number of carbonyl (C=O) groups excluding carboxylic acids is 2. The summed E-state index contributed by atoms with van der Waals surface area (Å²) in [5.74, 6) is -0.0323. The number of hydrogen-bond donors (Lipinski definition) is 3. The lowest BCUT2D eigenvalue weighted by Crippen LogP contribution is -2.45. The predicted molar refractivity (Wildman–Crippen MR) is 310 cm³/mol. The highest BCUT2D eigenvalue weighted by atomic mass is 16.5. The summed E-state index contributed by atoms with van der Waals surface area (Å²) in [5, 5.41) is 23.4. The Hall–Kier alpha value is -1.66. The van der Waals surface area contributed by atoms with Gasteiger partial charge in [0, 0.05) is 12.8 Å². The fraction of sp³-hybridized carbons (Fsp3) is 0.908. The fourth-order valence-corrected chi connectivity index (χ4v) is 10.0. The van der Waals surface area contributed by atoms with E-state index in [9.17, 15) is 19.8 Å². The molecule has 0 saturated heterocycles. The Morgan fingerprint density at radius 1 is 0.380 bits per heavy atom. The molecule has 2 atom stereocenters. The van der Waals surface area contributed by atoms with Gasteiger partial charge in [-0.05, 0) is 70.6 Å². The van der Waals surface area contributed by atoms with E-state index in [1.54, 1.807) is 0 Å². The van der Waals surface area contributed by atoms with Gasteiger partial charge in [0.1, 0.15) is 0 Å². The van der Waals surface area contributed by atoms with Gasteiger partial charge in [-0.2, -0.15) is 0 Å². The molecule has 0 aliphatic rings. The normalized spacial score (nSPS) is 12.7. The van der Waals surface area contributed by atoms with E-state index in [4.69, 9.17) is 4.74 Å². The second-order valence-corrected chi connectivity index (χ2v) is 22.1. The van der Waals surface area contributed by atoms with Gasteiger partial charge in [-0.15, -0.1) is 0 Å². The maximum atomic E-state index is 12.5. The van der Waals surface area contributed by atoms with E-state index in [1.165, 1.54) is 276 Å². The summed E-state index contributed by atoms with van der Waals surface area (Å²) < 4.78 is 5.46. The molecule has 3 N–H and O–H groups in total. The van der Waals surface area contributed by atoms with Gasteiger partial charge in [0.2, 0.25) is 5.91 Å². The number of aliphatic hydroxyl groups excluding tert-OH is 2. The first-order valence-electron chi connectivity index (χ1n) is 32.1. The van der Waals surface area contributed by atoms with Gasteiger partial charge in [0.15, 0.2) is 0 Å². The van der Waals surface area contributed by atoms with E-state index >= 15 is 0 Å². The molecule has 0 heterocycles. The Morgan fingerprint density at radius 2 is 0.676 bits per heavy atom. The van der Waals surface area contributed by atoms with Gasteiger partial charge >= 0.3 is 5.97 Å². The molecule has 0 aromatic rings. The fourth-order valence-electron chi connectivity index (χ4n) is 10.0. The number of hydrogen-bond acceptors (Lipinski definition) is 5. The van der Waals surface area contributed by atoms with Gasteiger partial charge in [0.05, 0.1) is 25.4 Å². The molecular weight excluding hydrogens is 875 g/mol. The highest BCUT2D eigenvalue weighted by Crippen LogP contribution is 2.18. The summed E-state index contributed by atoms with van der Waals surface area (Å²) in [6.45, 7) is 4.94. The molecule has 0 aromatic heterocycles. The van der Waals surface area contributed by atoms with Crippen LogP contribution < -0.4 is 5.32 Å². The molecule has 420 valence electrons. The zero-order valence-corrected chi connectivity index (χ0v) is 48.0. The van der Waals surface area contributed by atoms with Crippen LogP contribution in [0, 0.1) is 0 Å². The number of carbonyl (C=O) groups is 2. The van der Waals surface area contributed by atoms with Crippen LogP contribution in [0.4, 0.5) is 0 Å². The minimum absolute atomic E-state index is 0.00273. The van der Waals surface area contributed by atoms with E-state index < -0.39 is 12.1 Å². The van der Waals surface area contributed by atoms with E-state index in [0.29, 0.717) is 25.9 Å². The molecule has 0 aliphatic carbocycles. The molecular formula is C65H125NO5. The second kappa shape index (κ2) is 60.9.